The van der Waals surface area contributed by atoms with E-state index in [9.17, 15) is 4.79 Å². The minimum Gasteiger partial charge on any atom is -0.399 e. The Labute approximate surface area is 119 Å². The lowest BCUT2D eigenvalue weighted by Crippen LogP contribution is -2.13. The zero-order valence-corrected chi connectivity index (χ0v) is 12.4. The van der Waals surface area contributed by atoms with Crippen LogP contribution in [0.5, 0.6) is 0 Å². The van der Waals surface area contributed by atoms with Crippen LogP contribution in [-0.2, 0) is 9.53 Å². The van der Waals surface area contributed by atoms with Crippen LogP contribution in [-0.4, -0.2) is 31.1 Å². The van der Waals surface area contributed by atoms with Crippen molar-refractivity contribution in [2.45, 2.75) is 19.8 Å². The van der Waals surface area contributed by atoms with Crippen molar-refractivity contribution in [2.75, 3.05) is 36.3 Å². The average molecular weight is 282 g/mol. The van der Waals surface area contributed by atoms with E-state index >= 15 is 0 Å². The largest absolute Gasteiger partial charge is 0.399 e. The summed E-state index contributed by atoms with van der Waals surface area (Å²) in [6.07, 6.45) is 1.54. The van der Waals surface area contributed by atoms with Gasteiger partial charge in [0.25, 0.3) is 0 Å². The van der Waals surface area contributed by atoms with Crippen LogP contribution in [0.4, 0.5) is 11.4 Å². The number of anilines is 2. The Hall–Kier alpha value is -1.20. The third-order valence-electron chi connectivity index (χ3n) is 2.65. The number of hydrogen-bond acceptors (Lipinski definition) is 4. The van der Waals surface area contributed by atoms with Gasteiger partial charge < -0.3 is 15.8 Å². The Bertz CT molecular complexity index is 410. The van der Waals surface area contributed by atoms with E-state index in [2.05, 4.69) is 5.32 Å². The fraction of sp³-hybridized carbons (Fsp3) is 0.500. The molecular weight excluding hydrogens is 260 g/mol. The van der Waals surface area contributed by atoms with Gasteiger partial charge >= 0.3 is 0 Å². The molecule has 0 atom stereocenters. The molecule has 0 bridgehead atoms. The summed E-state index contributed by atoms with van der Waals surface area (Å²) in [6.45, 7) is 2.73. The van der Waals surface area contributed by atoms with Gasteiger partial charge in [0, 0.05) is 37.3 Å². The lowest BCUT2D eigenvalue weighted by molar-refractivity contribution is -0.115. The zero-order chi connectivity index (χ0) is 14.1. The van der Waals surface area contributed by atoms with Gasteiger partial charge in [-0.2, -0.15) is 11.8 Å². The van der Waals surface area contributed by atoms with Crippen molar-refractivity contribution in [1.82, 2.24) is 0 Å². The number of nitrogens with two attached hydrogens (primary N) is 1. The van der Waals surface area contributed by atoms with E-state index in [-0.39, 0.29) is 5.91 Å². The molecule has 0 fully saturated rings. The van der Waals surface area contributed by atoms with Gasteiger partial charge in [-0.05, 0) is 36.8 Å². The number of nitrogens with one attached hydrogen (secondary N) is 1. The number of benzene rings is 1. The molecule has 0 spiro atoms. The maximum atomic E-state index is 11.8. The van der Waals surface area contributed by atoms with Crippen LogP contribution in [0.3, 0.4) is 0 Å². The number of carbonyl (C=O) groups excluding carboxylic acids is 1. The van der Waals surface area contributed by atoms with E-state index < -0.39 is 0 Å². The van der Waals surface area contributed by atoms with Crippen LogP contribution in [0.2, 0.25) is 0 Å². The van der Waals surface area contributed by atoms with Crippen molar-refractivity contribution in [1.29, 1.82) is 0 Å². The topological polar surface area (TPSA) is 64.3 Å². The SMILES string of the molecule is COCCCSCCC(=O)Nc1cc(N)ccc1C. The number of nitrogen functional groups attached to an aromatic ring is 1. The van der Waals surface area contributed by atoms with E-state index in [0.717, 1.165) is 35.8 Å². The van der Waals surface area contributed by atoms with Crippen LogP contribution in [0, 0.1) is 6.92 Å². The first-order valence-corrected chi connectivity index (χ1v) is 7.51. The lowest BCUT2D eigenvalue weighted by Gasteiger charge is -2.09. The molecule has 0 aliphatic rings. The summed E-state index contributed by atoms with van der Waals surface area (Å²) in [5.41, 5.74) is 8.19. The highest BCUT2D eigenvalue weighted by atomic mass is 32.2. The first-order chi connectivity index (χ1) is 9.13. The first kappa shape index (κ1) is 15.9. The molecule has 3 N–H and O–H groups in total. The predicted molar refractivity (Wildman–Crippen MR) is 82.7 cm³/mol. The van der Waals surface area contributed by atoms with Gasteiger partial charge in [-0.25, -0.2) is 0 Å². The van der Waals surface area contributed by atoms with E-state index in [1.807, 2.05) is 19.1 Å². The Morgan fingerprint density at radius 1 is 1.42 bits per heavy atom. The molecule has 1 amide bonds. The van der Waals surface area contributed by atoms with Crippen molar-refractivity contribution in [3.8, 4) is 0 Å². The van der Waals surface area contributed by atoms with Crippen molar-refractivity contribution >= 4 is 29.0 Å². The molecule has 4 nitrogen and oxygen atoms in total. The second-order valence-electron chi connectivity index (χ2n) is 4.33. The molecule has 19 heavy (non-hydrogen) atoms. The molecule has 0 saturated carbocycles. The maximum absolute atomic E-state index is 11.8. The molecule has 0 aliphatic heterocycles. The highest BCUT2D eigenvalue weighted by molar-refractivity contribution is 7.99. The average Bonchev–Trinajstić information content (AvgIpc) is 2.38. The van der Waals surface area contributed by atoms with Gasteiger partial charge in [-0.3, -0.25) is 4.79 Å². The number of aryl methyl sites for hydroxylation is 1. The van der Waals surface area contributed by atoms with Crippen LogP contribution in [0.25, 0.3) is 0 Å². The normalized spacial score (nSPS) is 10.4. The van der Waals surface area contributed by atoms with Crippen LogP contribution >= 0.6 is 11.8 Å². The molecule has 5 heteroatoms. The standard InChI is InChI=1S/C14H22N2O2S/c1-11-4-5-12(15)10-13(11)16-14(17)6-9-19-8-3-7-18-2/h4-5,10H,3,6-9,15H2,1-2H3,(H,16,17). The van der Waals surface area contributed by atoms with Gasteiger partial charge in [-0.1, -0.05) is 6.07 Å². The molecule has 1 aromatic carbocycles. The minimum absolute atomic E-state index is 0.0351. The van der Waals surface area contributed by atoms with Crippen LogP contribution in [0.15, 0.2) is 18.2 Å². The summed E-state index contributed by atoms with van der Waals surface area (Å²) in [7, 11) is 1.70. The number of amides is 1. The maximum Gasteiger partial charge on any atom is 0.225 e. The Morgan fingerprint density at radius 2 is 2.21 bits per heavy atom. The number of hydrogen-bond donors (Lipinski definition) is 2. The fourth-order valence-electron chi connectivity index (χ4n) is 1.56. The van der Waals surface area contributed by atoms with E-state index in [1.165, 1.54) is 0 Å². The molecule has 106 valence electrons. The summed E-state index contributed by atoms with van der Waals surface area (Å²) >= 11 is 1.77. The lowest BCUT2D eigenvalue weighted by atomic mass is 10.2. The predicted octanol–water partition coefficient (Wildman–Crippen LogP) is 2.68. The second-order valence-corrected chi connectivity index (χ2v) is 5.56. The number of methoxy groups -OCH3 is 1. The molecule has 0 unspecified atom stereocenters. The first-order valence-electron chi connectivity index (χ1n) is 6.36. The summed E-state index contributed by atoms with van der Waals surface area (Å²) < 4.78 is 4.97. The Kier molecular flexibility index (Phi) is 7.36. The molecule has 0 radical (unpaired) electrons. The molecule has 1 aromatic rings. The highest BCUT2D eigenvalue weighted by Crippen LogP contribution is 2.18. The Balaban J connectivity index is 2.25. The summed E-state index contributed by atoms with van der Waals surface area (Å²) in [4.78, 5) is 11.8. The van der Waals surface area contributed by atoms with Gasteiger partial charge in [-0.15, -0.1) is 0 Å². The molecule has 0 aliphatic carbocycles. The zero-order valence-electron chi connectivity index (χ0n) is 11.6. The van der Waals surface area contributed by atoms with Crippen LogP contribution < -0.4 is 11.1 Å². The van der Waals surface area contributed by atoms with Crippen molar-refractivity contribution in [2.24, 2.45) is 0 Å². The Morgan fingerprint density at radius 3 is 2.95 bits per heavy atom. The number of rotatable bonds is 8. The third-order valence-corrected chi connectivity index (χ3v) is 3.72. The quantitative estimate of drug-likeness (QED) is 0.568. The molecule has 0 heterocycles. The summed E-state index contributed by atoms with van der Waals surface area (Å²) in [6, 6.07) is 5.53. The monoisotopic (exact) mass is 282 g/mol. The summed E-state index contributed by atoms with van der Waals surface area (Å²) in [5.74, 6) is 1.89. The van der Waals surface area contributed by atoms with Gasteiger partial charge in [0.2, 0.25) is 5.91 Å². The van der Waals surface area contributed by atoms with E-state index in [4.69, 9.17) is 10.5 Å². The van der Waals surface area contributed by atoms with Crippen molar-refractivity contribution in [3.05, 3.63) is 23.8 Å². The minimum atomic E-state index is 0.0351. The third kappa shape index (κ3) is 6.50. The smallest absolute Gasteiger partial charge is 0.225 e. The second kappa shape index (κ2) is 8.82. The number of thioether (sulfide) groups is 1. The summed E-state index contributed by atoms with van der Waals surface area (Å²) in [5, 5.41) is 2.90. The molecule has 1 rings (SSSR count). The van der Waals surface area contributed by atoms with Gasteiger partial charge in [0.15, 0.2) is 0 Å². The van der Waals surface area contributed by atoms with Crippen molar-refractivity contribution in [3.63, 3.8) is 0 Å². The molecule has 0 saturated heterocycles. The number of carbonyl (C=O) groups is 1. The van der Waals surface area contributed by atoms with Gasteiger partial charge in [0.05, 0.1) is 0 Å². The molecular formula is C14H22N2O2S. The van der Waals surface area contributed by atoms with Gasteiger partial charge in [0.1, 0.15) is 0 Å². The fourth-order valence-corrected chi connectivity index (χ4v) is 2.42. The highest BCUT2D eigenvalue weighted by Gasteiger charge is 2.05. The van der Waals surface area contributed by atoms with E-state index in [1.54, 1.807) is 24.9 Å². The van der Waals surface area contributed by atoms with Crippen molar-refractivity contribution < 1.29 is 9.53 Å². The van der Waals surface area contributed by atoms with E-state index in [0.29, 0.717) is 12.1 Å². The molecule has 0 aromatic heterocycles. The number of ether oxygens (including phenoxy) is 1. The van der Waals surface area contributed by atoms with Crippen LogP contribution in [0.1, 0.15) is 18.4 Å².